The highest BCUT2D eigenvalue weighted by Crippen LogP contribution is 2.23. The Bertz CT molecular complexity index is 1200. The zero-order valence-electron chi connectivity index (χ0n) is 17.3. The lowest BCUT2D eigenvalue weighted by Crippen LogP contribution is -2.27. The molecule has 0 unspecified atom stereocenters. The molecule has 0 bridgehead atoms. The van der Waals surface area contributed by atoms with E-state index in [-0.39, 0.29) is 23.4 Å². The number of ether oxygens (including phenoxy) is 1. The number of rotatable bonds is 6. The van der Waals surface area contributed by atoms with E-state index in [4.69, 9.17) is 21.2 Å². The number of aromatic nitrogens is 3. The maximum Gasteiger partial charge on any atom is 0.280 e. The van der Waals surface area contributed by atoms with Gasteiger partial charge in [0.05, 0.1) is 18.5 Å². The molecule has 2 aromatic heterocycles. The zero-order valence-corrected chi connectivity index (χ0v) is 18.1. The molecular weight excluding hydrogens is 427 g/mol. The summed E-state index contributed by atoms with van der Waals surface area (Å²) in [7, 11) is 2.86. The van der Waals surface area contributed by atoms with Crippen molar-refractivity contribution in [3.63, 3.8) is 0 Å². The molecule has 0 N–H and O–H groups in total. The maximum absolute atomic E-state index is 13.2. The minimum atomic E-state index is -0.643. The number of nitrogens with zero attached hydrogens (tertiary/aromatic N) is 4. The van der Waals surface area contributed by atoms with E-state index in [0.717, 1.165) is 10.6 Å². The molecule has 1 amide bonds. The molecule has 0 aliphatic rings. The van der Waals surface area contributed by atoms with Crippen LogP contribution in [0.1, 0.15) is 27.4 Å². The van der Waals surface area contributed by atoms with Crippen molar-refractivity contribution < 1.29 is 18.8 Å². The largest absolute Gasteiger partial charge is 0.470 e. The highest BCUT2D eigenvalue weighted by atomic mass is 35.5. The minimum Gasteiger partial charge on any atom is -0.470 e. The summed E-state index contributed by atoms with van der Waals surface area (Å²) in [5.41, 5.74) is 1.26. The Morgan fingerprint density at radius 1 is 1.23 bits per heavy atom. The van der Waals surface area contributed by atoms with Crippen molar-refractivity contribution in [2.75, 3.05) is 14.2 Å². The van der Waals surface area contributed by atoms with Crippen LogP contribution in [-0.2, 0) is 11.4 Å². The van der Waals surface area contributed by atoms with E-state index in [2.05, 4.69) is 9.97 Å². The van der Waals surface area contributed by atoms with E-state index in [9.17, 15) is 14.0 Å². The van der Waals surface area contributed by atoms with Crippen LogP contribution >= 0.6 is 11.6 Å². The van der Waals surface area contributed by atoms with E-state index in [0.29, 0.717) is 22.8 Å². The third kappa shape index (κ3) is 4.73. The predicted molar refractivity (Wildman–Crippen MR) is 112 cm³/mol. The van der Waals surface area contributed by atoms with Crippen LogP contribution in [0.25, 0.3) is 5.69 Å². The molecule has 0 atom stereocenters. The number of aryl methyl sites for hydroxylation is 2. The first kappa shape index (κ1) is 22.4. The van der Waals surface area contributed by atoms with Crippen molar-refractivity contribution in [1.82, 2.24) is 19.6 Å². The van der Waals surface area contributed by atoms with Gasteiger partial charge in [0.1, 0.15) is 12.4 Å². The van der Waals surface area contributed by atoms with Crippen molar-refractivity contribution in [2.45, 2.75) is 20.5 Å². The van der Waals surface area contributed by atoms with Crippen molar-refractivity contribution >= 4 is 17.5 Å². The van der Waals surface area contributed by atoms with Crippen LogP contribution in [0.5, 0.6) is 5.88 Å². The van der Waals surface area contributed by atoms with Crippen LogP contribution < -0.4 is 10.3 Å². The van der Waals surface area contributed by atoms with Crippen LogP contribution in [0.2, 0.25) is 5.02 Å². The number of hydrogen-bond acceptors (Lipinski definition) is 6. The van der Waals surface area contributed by atoms with Gasteiger partial charge < -0.3 is 4.74 Å². The maximum atomic E-state index is 13.2. The van der Waals surface area contributed by atoms with Crippen LogP contribution in [-0.4, -0.2) is 39.7 Å². The summed E-state index contributed by atoms with van der Waals surface area (Å²) >= 11 is 6.23. The molecule has 0 aliphatic carbocycles. The number of carbonyl (C=O) groups is 1. The number of hydroxylamine groups is 2. The number of amides is 1. The van der Waals surface area contributed by atoms with Gasteiger partial charge in [0.15, 0.2) is 5.02 Å². The molecule has 0 radical (unpaired) electrons. The molecule has 3 aromatic rings. The molecule has 0 spiro atoms. The smallest absolute Gasteiger partial charge is 0.280 e. The van der Waals surface area contributed by atoms with Crippen molar-refractivity contribution in [3.05, 3.63) is 80.4 Å². The summed E-state index contributed by atoms with van der Waals surface area (Å²) in [6.45, 7) is 3.30. The quantitative estimate of drug-likeness (QED) is 0.426. The normalized spacial score (nSPS) is 10.8. The van der Waals surface area contributed by atoms with Gasteiger partial charge in [0.2, 0.25) is 11.8 Å². The van der Waals surface area contributed by atoms with Gasteiger partial charge in [-0.25, -0.2) is 10.0 Å². The molecule has 0 saturated carbocycles. The van der Waals surface area contributed by atoms with E-state index < -0.39 is 11.5 Å². The van der Waals surface area contributed by atoms with Gasteiger partial charge in [-0.15, -0.1) is 0 Å². The van der Waals surface area contributed by atoms with Crippen molar-refractivity contribution in [3.8, 4) is 11.6 Å². The molecule has 1 aromatic carbocycles. The number of benzene rings is 1. The van der Waals surface area contributed by atoms with Gasteiger partial charge in [-0.1, -0.05) is 23.7 Å². The van der Waals surface area contributed by atoms with Gasteiger partial charge in [0, 0.05) is 12.6 Å². The number of pyridine rings is 1. The van der Waals surface area contributed by atoms with E-state index in [1.54, 1.807) is 38.1 Å². The van der Waals surface area contributed by atoms with Gasteiger partial charge >= 0.3 is 0 Å². The average molecular weight is 447 g/mol. The molecule has 10 heteroatoms. The van der Waals surface area contributed by atoms with Gasteiger partial charge in [-0.05, 0) is 43.7 Å². The molecule has 31 heavy (non-hydrogen) atoms. The van der Waals surface area contributed by atoms with Crippen molar-refractivity contribution in [2.24, 2.45) is 0 Å². The van der Waals surface area contributed by atoms with E-state index >= 15 is 0 Å². The van der Waals surface area contributed by atoms with Crippen LogP contribution in [0.4, 0.5) is 4.39 Å². The van der Waals surface area contributed by atoms with E-state index in [1.807, 2.05) is 0 Å². The third-order valence-electron chi connectivity index (χ3n) is 4.55. The number of halogens is 2. The first-order chi connectivity index (χ1) is 14.7. The molecule has 8 nitrogen and oxygen atoms in total. The molecule has 2 heterocycles. The van der Waals surface area contributed by atoms with Crippen LogP contribution in [0.3, 0.4) is 0 Å². The zero-order chi connectivity index (χ0) is 22.7. The summed E-state index contributed by atoms with van der Waals surface area (Å²) in [5, 5.41) is 0.833. The lowest BCUT2D eigenvalue weighted by Gasteiger charge is -2.17. The predicted octanol–water partition coefficient (Wildman–Crippen LogP) is 3.25. The summed E-state index contributed by atoms with van der Waals surface area (Å²) < 4.78 is 20.1. The van der Waals surface area contributed by atoms with E-state index in [1.165, 1.54) is 30.9 Å². The SMILES string of the molecule is CON(C)C(=O)c1ccc(C)c(-n2c(C)nc(OCc3cccc(F)n3)c(Cl)c2=O)c1. The standard InChI is InChI=1S/C21H20ClFN4O4/c1-12-8-9-14(20(28)26(3)30-4)10-16(12)27-13(2)24-19(18(22)21(27)29)31-11-15-6-5-7-17(23)25-15/h5-10H,11H2,1-4H3. The molecule has 162 valence electrons. The summed E-state index contributed by atoms with van der Waals surface area (Å²) in [4.78, 5) is 38.3. The van der Waals surface area contributed by atoms with Crippen LogP contribution in [0, 0.1) is 19.8 Å². The van der Waals surface area contributed by atoms with Gasteiger partial charge in [0.25, 0.3) is 11.5 Å². The highest BCUT2D eigenvalue weighted by molar-refractivity contribution is 6.31. The fourth-order valence-electron chi connectivity index (χ4n) is 2.88. The van der Waals surface area contributed by atoms with Gasteiger partial charge in [-0.2, -0.15) is 9.37 Å². The highest BCUT2D eigenvalue weighted by Gasteiger charge is 2.19. The van der Waals surface area contributed by atoms with Gasteiger partial charge in [-0.3, -0.25) is 19.0 Å². The fourth-order valence-corrected chi connectivity index (χ4v) is 3.06. The lowest BCUT2D eigenvalue weighted by molar-refractivity contribution is -0.0757. The second kappa shape index (κ2) is 9.23. The Morgan fingerprint density at radius 2 is 1.97 bits per heavy atom. The first-order valence-corrected chi connectivity index (χ1v) is 9.57. The topological polar surface area (TPSA) is 86.6 Å². The second-order valence-electron chi connectivity index (χ2n) is 6.65. The lowest BCUT2D eigenvalue weighted by atomic mass is 10.1. The summed E-state index contributed by atoms with van der Waals surface area (Å²) in [6.07, 6.45) is 0. The Labute approximate surface area is 182 Å². The molecular formula is C21H20ClFN4O4. The number of hydrogen-bond donors (Lipinski definition) is 0. The Hall–Kier alpha value is -3.30. The fraction of sp³-hybridized carbons (Fsp3) is 0.238. The Balaban J connectivity index is 1.99. The molecule has 0 saturated heterocycles. The summed E-state index contributed by atoms with van der Waals surface area (Å²) in [6, 6.07) is 9.20. The first-order valence-electron chi connectivity index (χ1n) is 9.19. The average Bonchev–Trinajstić information content (AvgIpc) is 2.75. The summed E-state index contributed by atoms with van der Waals surface area (Å²) in [5.74, 6) is -0.813. The Morgan fingerprint density at radius 3 is 2.65 bits per heavy atom. The molecule has 0 fully saturated rings. The second-order valence-corrected chi connectivity index (χ2v) is 7.02. The minimum absolute atomic E-state index is 0.0875. The monoisotopic (exact) mass is 446 g/mol. The van der Waals surface area contributed by atoms with Crippen molar-refractivity contribution in [1.29, 1.82) is 0 Å². The molecule has 0 aliphatic heterocycles. The number of carbonyl (C=O) groups excluding carboxylic acids is 1. The molecule has 3 rings (SSSR count). The third-order valence-corrected chi connectivity index (χ3v) is 4.88. The van der Waals surface area contributed by atoms with Crippen LogP contribution in [0.15, 0.2) is 41.2 Å². The Kier molecular flexibility index (Phi) is 6.67.